The van der Waals surface area contributed by atoms with Crippen molar-refractivity contribution >= 4 is 18.5 Å². The van der Waals surface area contributed by atoms with Gasteiger partial charge in [-0.15, -0.1) is 0 Å². The van der Waals surface area contributed by atoms with Crippen LogP contribution >= 0.6 is 7.92 Å². The van der Waals surface area contributed by atoms with E-state index in [1.165, 1.54) is 16.2 Å². The van der Waals surface area contributed by atoms with Crippen molar-refractivity contribution in [2.24, 2.45) is 0 Å². The normalized spacial score (nSPS) is 12.7. The third kappa shape index (κ3) is 2.96. The average Bonchev–Trinajstić information content (AvgIpc) is 2.39. The average molecular weight is 242 g/mol. The first kappa shape index (κ1) is 12.3. The Morgan fingerprint density at radius 2 is 1.29 bits per heavy atom. The van der Waals surface area contributed by atoms with E-state index in [4.69, 9.17) is 0 Å². The first-order valence-corrected chi connectivity index (χ1v) is 7.86. The summed E-state index contributed by atoms with van der Waals surface area (Å²) < 4.78 is 0. The van der Waals surface area contributed by atoms with Crippen LogP contribution in [0.3, 0.4) is 0 Å². The number of hydrogen-bond donors (Lipinski definition) is 0. The Balaban J connectivity index is 2.23. The molecule has 2 rings (SSSR count). The lowest BCUT2D eigenvalue weighted by Gasteiger charge is -2.14. The van der Waals surface area contributed by atoms with Gasteiger partial charge in [0.15, 0.2) is 0 Å². The van der Waals surface area contributed by atoms with E-state index in [1.54, 1.807) is 0 Å². The molecule has 0 aliphatic carbocycles. The summed E-state index contributed by atoms with van der Waals surface area (Å²) in [6.45, 7) is 6.80. The van der Waals surface area contributed by atoms with Crippen LogP contribution in [-0.4, -0.2) is 6.66 Å². The minimum absolute atomic E-state index is 0.202. The first-order valence-electron chi connectivity index (χ1n) is 6.07. The maximum atomic E-state index is 2.33. The van der Waals surface area contributed by atoms with Crippen molar-refractivity contribution in [1.82, 2.24) is 0 Å². The Labute approximate surface area is 105 Å². The Kier molecular flexibility index (Phi) is 3.97. The van der Waals surface area contributed by atoms with Crippen LogP contribution in [0.1, 0.15) is 25.3 Å². The van der Waals surface area contributed by atoms with Crippen molar-refractivity contribution in [2.45, 2.75) is 19.8 Å². The molecule has 0 aliphatic rings. The van der Waals surface area contributed by atoms with Gasteiger partial charge in [0.1, 0.15) is 0 Å². The lowest BCUT2D eigenvalue weighted by molar-refractivity contribution is 0.867. The van der Waals surface area contributed by atoms with E-state index < -0.39 is 0 Å². The molecule has 0 bridgehead atoms. The highest BCUT2D eigenvalue weighted by Gasteiger charge is 2.07. The highest BCUT2D eigenvalue weighted by atomic mass is 31.1. The maximum absolute atomic E-state index is 2.33. The summed E-state index contributed by atoms with van der Waals surface area (Å²) in [6, 6.07) is 19.9. The molecule has 1 unspecified atom stereocenters. The fourth-order valence-corrected chi connectivity index (χ4v) is 3.40. The third-order valence-electron chi connectivity index (χ3n) is 3.09. The lowest BCUT2D eigenvalue weighted by atomic mass is 10.0. The second-order valence-corrected chi connectivity index (χ2v) is 6.79. The van der Waals surface area contributed by atoms with Gasteiger partial charge < -0.3 is 0 Å². The van der Waals surface area contributed by atoms with Crippen LogP contribution in [0, 0.1) is 0 Å². The van der Waals surface area contributed by atoms with Gasteiger partial charge in [-0.3, -0.25) is 0 Å². The molecule has 0 amide bonds. The standard InChI is InChI=1S/C16H19P/c1-13(2)14-9-11-16(12-10-14)17(3)15-7-5-4-6-8-15/h4-13H,1-3H3. The van der Waals surface area contributed by atoms with Gasteiger partial charge in [0, 0.05) is 0 Å². The molecule has 0 N–H and O–H groups in total. The van der Waals surface area contributed by atoms with E-state index in [1.807, 2.05) is 0 Å². The predicted octanol–water partition coefficient (Wildman–Crippen LogP) is 3.87. The second-order valence-electron chi connectivity index (χ2n) is 4.64. The first-order chi connectivity index (χ1) is 8.18. The SMILES string of the molecule is CC(C)c1ccc(P(C)c2ccccc2)cc1. The molecule has 0 heterocycles. The zero-order chi connectivity index (χ0) is 12.3. The fraction of sp³-hybridized carbons (Fsp3) is 0.250. The Morgan fingerprint density at radius 3 is 1.82 bits per heavy atom. The molecule has 1 heteroatoms. The summed E-state index contributed by atoms with van der Waals surface area (Å²) in [5.41, 5.74) is 1.42. The molecule has 0 saturated heterocycles. The van der Waals surface area contributed by atoms with Crippen molar-refractivity contribution in [2.75, 3.05) is 6.66 Å². The van der Waals surface area contributed by atoms with E-state index in [9.17, 15) is 0 Å². The predicted molar refractivity (Wildman–Crippen MR) is 79.1 cm³/mol. The van der Waals surface area contributed by atoms with Gasteiger partial charge in [-0.1, -0.05) is 68.4 Å². The summed E-state index contributed by atoms with van der Waals surface area (Å²) in [7, 11) is -0.202. The van der Waals surface area contributed by atoms with E-state index in [0.29, 0.717) is 5.92 Å². The Morgan fingerprint density at radius 1 is 0.765 bits per heavy atom. The number of rotatable bonds is 3. The summed E-state index contributed by atoms with van der Waals surface area (Å²) in [5, 5.41) is 2.90. The second kappa shape index (κ2) is 5.47. The largest absolute Gasteiger partial charge is 0.0622 e. The third-order valence-corrected chi connectivity index (χ3v) is 5.24. The monoisotopic (exact) mass is 242 g/mol. The van der Waals surface area contributed by atoms with E-state index in [2.05, 4.69) is 75.1 Å². The molecule has 17 heavy (non-hydrogen) atoms. The van der Waals surface area contributed by atoms with Crippen molar-refractivity contribution in [3.05, 3.63) is 60.2 Å². The zero-order valence-electron chi connectivity index (χ0n) is 10.7. The van der Waals surface area contributed by atoms with Crippen LogP contribution in [0.4, 0.5) is 0 Å². The van der Waals surface area contributed by atoms with Gasteiger partial charge in [0.2, 0.25) is 0 Å². The highest BCUT2D eigenvalue weighted by molar-refractivity contribution is 7.72. The lowest BCUT2D eigenvalue weighted by Crippen LogP contribution is -2.10. The molecule has 0 saturated carbocycles. The molecule has 2 aromatic rings. The van der Waals surface area contributed by atoms with E-state index in [-0.39, 0.29) is 7.92 Å². The summed E-state index contributed by atoms with van der Waals surface area (Å²) in [4.78, 5) is 0. The molecule has 2 aromatic carbocycles. The van der Waals surface area contributed by atoms with Gasteiger partial charge in [0.25, 0.3) is 0 Å². The zero-order valence-corrected chi connectivity index (χ0v) is 11.6. The minimum Gasteiger partial charge on any atom is -0.0622 e. The van der Waals surface area contributed by atoms with Gasteiger partial charge in [0.05, 0.1) is 0 Å². The van der Waals surface area contributed by atoms with Crippen LogP contribution in [0.25, 0.3) is 0 Å². The minimum atomic E-state index is -0.202. The number of benzene rings is 2. The quantitative estimate of drug-likeness (QED) is 0.717. The van der Waals surface area contributed by atoms with Gasteiger partial charge in [-0.05, 0) is 36.7 Å². The van der Waals surface area contributed by atoms with Gasteiger partial charge >= 0.3 is 0 Å². The van der Waals surface area contributed by atoms with Crippen LogP contribution in [-0.2, 0) is 0 Å². The van der Waals surface area contributed by atoms with Gasteiger partial charge in [-0.25, -0.2) is 0 Å². The van der Waals surface area contributed by atoms with E-state index in [0.717, 1.165) is 0 Å². The molecule has 0 nitrogen and oxygen atoms in total. The molecule has 88 valence electrons. The molecule has 0 aromatic heterocycles. The van der Waals surface area contributed by atoms with Crippen LogP contribution in [0.5, 0.6) is 0 Å². The number of hydrogen-bond acceptors (Lipinski definition) is 0. The van der Waals surface area contributed by atoms with Crippen molar-refractivity contribution in [3.8, 4) is 0 Å². The summed E-state index contributed by atoms with van der Waals surface area (Å²) >= 11 is 0. The molecule has 0 fully saturated rings. The summed E-state index contributed by atoms with van der Waals surface area (Å²) in [6.07, 6.45) is 0. The van der Waals surface area contributed by atoms with Crippen molar-refractivity contribution < 1.29 is 0 Å². The van der Waals surface area contributed by atoms with Gasteiger partial charge in [-0.2, -0.15) is 0 Å². The van der Waals surface area contributed by atoms with Crippen LogP contribution < -0.4 is 10.6 Å². The summed E-state index contributed by atoms with van der Waals surface area (Å²) in [5.74, 6) is 0.615. The molecule has 0 radical (unpaired) electrons. The molecular formula is C16H19P. The molecular weight excluding hydrogens is 223 g/mol. The van der Waals surface area contributed by atoms with Crippen LogP contribution in [0.2, 0.25) is 0 Å². The topological polar surface area (TPSA) is 0 Å². The maximum Gasteiger partial charge on any atom is -0.0198 e. The van der Waals surface area contributed by atoms with E-state index >= 15 is 0 Å². The highest BCUT2D eigenvalue weighted by Crippen LogP contribution is 2.28. The molecule has 0 aliphatic heterocycles. The van der Waals surface area contributed by atoms with Crippen LogP contribution in [0.15, 0.2) is 54.6 Å². The van der Waals surface area contributed by atoms with Crippen molar-refractivity contribution in [3.63, 3.8) is 0 Å². The molecule has 0 spiro atoms. The Hall–Kier alpha value is -1.13. The smallest absolute Gasteiger partial charge is 0.0198 e. The van der Waals surface area contributed by atoms with Crippen molar-refractivity contribution in [1.29, 1.82) is 0 Å². The fourth-order valence-electron chi connectivity index (χ4n) is 1.88. The molecule has 1 atom stereocenters. The Bertz CT molecular complexity index is 457.